The van der Waals surface area contributed by atoms with E-state index in [1.807, 2.05) is 21.1 Å². The first-order chi connectivity index (χ1) is 25.6. The molecular weight excluding hydrogens is 685 g/mol. The fourth-order valence-electron chi connectivity index (χ4n) is 6.05. The van der Waals surface area contributed by atoms with Crippen molar-refractivity contribution in [2.75, 3.05) is 54.1 Å². The molecule has 0 saturated heterocycles. The summed E-state index contributed by atoms with van der Waals surface area (Å²) in [6.45, 7) is 5.37. The minimum absolute atomic E-state index is 0.0276. The highest BCUT2D eigenvalue weighted by Crippen LogP contribution is 2.38. The number of hydrogen-bond acceptors (Lipinski definition) is 7. The molecule has 8 nitrogen and oxygen atoms in total. The molecule has 0 aromatic heterocycles. The molecule has 0 radical (unpaired) electrons. The van der Waals surface area contributed by atoms with Gasteiger partial charge in [0.25, 0.3) is 7.82 Å². The number of phosphoric ester groups is 1. The minimum atomic E-state index is -4.51. The zero-order chi connectivity index (χ0) is 39.1. The highest BCUT2D eigenvalue weighted by molar-refractivity contribution is 7.45. The molecule has 0 aliphatic carbocycles. The summed E-state index contributed by atoms with van der Waals surface area (Å²) >= 11 is 0. The Morgan fingerprint density at radius 1 is 0.585 bits per heavy atom. The molecule has 0 aromatic rings. The molecule has 314 valence electrons. The van der Waals surface area contributed by atoms with E-state index in [-0.39, 0.29) is 25.8 Å². The third-order valence-electron chi connectivity index (χ3n) is 9.51. The molecule has 0 saturated carbocycles. The van der Waals surface area contributed by atoms with Crippen molar-refractivity contribution < 1.29 is 37.3 Å². The number of hydrogen-bond donors (Lipinski definition) is 0. The van der Waals surface area contributed by atoms with E-state index in [4.69, 9.17) is 18.5 Å². The van der Waals surface area contributed by atoms with Crippen LogP contribution in [0.3, 0.4) is 0 Å². The van der Waals surface area contributed by atoms with Gasteiger partial charge in [0.2, 0.25) is 0 Å². The molecule has 2 atom stereocenters. The summed E-state index contributed by atoms with van der Waals surface area (Å²) in [6.07, 6.45) is 42.2. The molecule has 0 aliphatic heterocycles. The zero-order valence-corrected chi connectivity index (χ0v) is 36.4. The van der Waals surface area contributed by atoms with Gasteiger partial charge in [0.1, 0.15) is 19.3 Å². The quantitative estimate of drug-likeness (QED) is 0.0201. The summed E-state index contributed by atoms with van der Waals surface area (Å²) in [7, 11) is 1.36. The Morgan fingerprint density at radius 2 is 1.04 bits per heavy atom. The third-order valence-corrected chi connectivity index (χ3v) is 10.5. The lowest BCUT2D eigenvalue weighted by atomic mass is 10.0. The van der Waals surface area contributed by atoms with E-state index in [1.165, 1.54) is 135 Å². The van der Waals surface area contributed by atoms with Crippen molar-refractivity contribution >= 4 is 13.8 Å². The number of nitrogens with zero attached hydrogens (tertiary/aromatic N) is 1. The number of esters is 1. The fourth-order valence-corrected chi connectivity index (χ4v) is 6.78. The summed E-state index contributed by atoms with van der Waals surface area (Å²) in [6, 6.07) is 0. The molecule has 0 aromatic carbocycles. The van der Waals surface area contributed by atoms with Crippen LogP contribution in [0.5, 0.6) is 0 Å². The van der Waals surface area contributed by atoms with Gasteiger partial charge in [-0.2, -0.15) is 0 Å². The normalized spacial score (nSPS) is 14.0. The van der Waals surface area contributed by atoms with Crippen LogP contribution in [0.4, 0.5) is 0 Å². The minimum Gasteiger partial charge on any atom is -0.756 e. The Balaban J connectivity index is 3.98. The molecule has 0 amide bonds. The van der Waals surface area contributed by atoms with Crippen molar-refractivity contribution in [2.24, 2.45) is 0 Å². The second kappa shape index (κ2) is 37.9. The van der Waals surface area contributed by atoms with Crippen molar-refractivity contribution in [1.82, 2.24) is 0 Å². The number of carbonyl (C=O) groups excluding carboxylic acids is 1. The molecule has 0 fully saturated rings. The first-order valence-electron chi connectivity index (χ1n) is 22.1. The molecule has 53 heavy (non-hydrogen) atoms. The van der Waals surface area contributed by atoms with Crippen molar-refractivity contribution in [2.45, 2.75) is 200 Å². The van der Waals surface area contributed by atoms with Crippen molar-refractivity contribution in [3.05, 3.63) is 24.3 Å². The number of carbonyl (C=O) groups is 1. The highest BCUT2D eigenvalue weighted by atomic mass is 31.2. The van der Waals surface area contributed by atoms with Gasteiger partial charge in [-0.05, 0) is 44.9 Å². The lowest BCUT2D eigenvalue weighted by Gasteiger charge is -2.28. The number of quaternary nitrogens is 1. The van der Waals surface area contributed by atoms with E-state index in [9.17, 15) is 14.3 Å². The van der Waals surface area contributed by atoms with Gasteiger partial charge in [-0.3, -0.25) is 9.36 Å². The van der Waals surface area contributed by atoms with E-state index in [0.717, 1.165) is 38.5 Å². The molecular formula is C44H86NO7P. The van der Waals surface area contributed by atoms with Crippen LogP contribution in [0.15, 0.2) is 24.3 Å². The Morgan fingerprint density at radius 3 is 1.53 bits per heavy atom. The van der Waals surface area contributed by atoms with E-state index < -0.39 is 13.9 Å². The smallest absolute Gasteiger partial charge is 0.306 e. The highest BCUT2D eigenvalue weighted by Gasteiger charge is 2.20. The maximum absolute atomic E-state index is 12.5. The molecule has 9 heteroatoms. The molecule has 0 N–H and O–H groups in total. The van der Waals surface area contributed by atoms with Crippen LogP contribution in [0, 0.1) is 0 Å². The molecule has 0 rings (SSSR count). The van der Waals surface area contributed by atoms with E-state index in [1.54, 1.807) is 0 Å². The van der Waals surface area contributed by atoms with Crippen molar-refractivity contribution in [1.29, 1.82) is 0 Å². The Hall–Kier alpha value is -1.02. The van der Waals surface area contributed by atoms with Gasteiger partial charge in [0.05, 0.1) is 34.4 Å². The van der Waals surface area contributed by atoms with Crippen LogP contribution < -0.4 is 4.89 Å². The Labute approximate surface area is 328 Å². The van der Waals surface area contributed by atoms with Gasteiger partial charge in [-0.15, -0.1) is 0 Å². The van der Waals surface area contributed by atoms with Gasteiger partial charge in [-0.25, -0.2) is 0 Å². The molecule has 0 bridgehead atoms. The van der Waals surface area contributed by atoms with Gasteiger partial charge < -0.3 is 27.9 Å². The SMILES string of the molecule is CCCCCCC/C=C\C/C=C\CCCCCCCCCCCCCCOCC(COP(=O)([O-])OCC[N+](C)(C)C)OC(=O)CCCCCCCCC. The number of ether oxygens (including phenoxy) is 2. The predicted molar refractivity (Wildman–Crippen MR) is 222 cm³/mol. The summed E-state index contributed by atoms with van der Waals surface area (Å²) < 4.78 is 34.4. The maximum atomic E-state index is 12.5. The first-order valence-corrected chi connectivity index (χ1v) is 23.5. The van der Waals surface area contributed by atoms with Crippen LogP contribution in [-0.4, -0.2) is 70.7 Å². The largest absolute Gasteiger partial charge is 0.756 e. The van der Waals surface area contributed by atoms with Crippen LogP contribution in [-0.2, 0) is 27.9 Å². The summed E-state index contributed by atoms with van der Waals surface area (Å²) in [5, 5.41) is 0. The number of likely N-dealkylation sites (N-methyl/N-ethyl adjacent to an activating group) is 1. The number of phosphoric acid groups is 1. The van der Waals surface area contributed by atoms with Crippen LogP contribution >= 0.6 is 7.82 Å². The predicted octanol–water partition coefficient (Wildman–Crippen LogP) is 12.2. The first kappa shape index (κ1) is 52.0. The van der Waals surface area contributed by atoms with Crippen LogP contribution in [0.25, 0.3) is 0 Å². The molecule has 0 aliphatic rings. The fraction of sp³-hybridized carbons (Fsp3) is 0.886. The summed E-state index contributed by atoms with van der Waals surface area (Å²) in [4.78, 5) is 24.8. The van der Waals surface area contributed by atoms with Gasteiger partial charge in [-0.1, -0.05) is 167 Å². The monoisotopic (exact) mass is 772 g/mol. The Kier molecular flexibility index (Phi) is 37.2. The second-order valence-corrected chi connectivity index (χ2v) is 17.5. The zero-order valence-electron chi connectivity index (χ0n) is 35.5. The number of unbranched alkanes of at least 4 members (excludes halogenated alkanes) is 23. The molecule has 0 spiro atoms. The van der Waals surface area contributed by atoms with Crippen molar-refractivity contribution in [3.8, 4) is 0 Å². The maximum Gasteiger partial charge on any atom is 0.306 e. The van der Waals surface area contributed by atoms with E-state index in [2.05, 4.69) is 38.2 Å². The van der Waals surface area contributed by atoms with E-state index in [0.29, 0.717) is 24.1 Å². The average Bonchev–Trinajstić information content (AvgIpc) is 3.11. The van der Waals surface area contributed by atoms with Gasteiger partial charge >= 0.3 is 5.97 Å². The number of rotatable bonds is 41. The van der Waals surface area contributed by atoms with Crippen LogP contribution in [0.2, 0.25) is 0 Å². The lowest BCUT2D eigenvalue weighted by molar-refractivity contribution is -0.870. The topological polar surface area (TPSA) is 94.1 Å². The van der Waals surface area contributed by atoms with E-state index >= 15 is 0 Å². The lowest BCUT2D eigenvalue weighted by Crippen LogP contribution is -2.37. The van der Waals surface area contributed by atoms with Gasteiger partial charge in [0, 0.05) is 13.0 Å². The van der Waals surface area contributed by atoms with Crippen molar-refractivity contribution in [3.63, 3.8) is 0 Å². The summed E-state index contributed by atoms with van der Waals surface area (Å²) in [5.74, 6) is -0.340. The molecule has 0 heterocycles. The average molecular weight is 772 g/mol. The standard InChI is InChI=1S/C44H86NO7P/c1-6-8-10-12-14-15-16-17-18-19-20-21-22-23-24-25-26-27-28-29-30-32-34-36-39-49-41-43(42-51-53(47,48)50-40-38-45(3,4)5)52-44(46)37-35-33-31-13-11-9-7-2/h16-17,19-20,43H,6-15,18,21-42H2,1-5H3/b17-16-,20-19-. The molecule has 2 unspecified atom stereocenters. The second-order valence-electron chi connectivity index (χ2n) is 16.1. The number of allylic oxidation sites excluding steroid dienone is 4. The van der Waals surface area contributed by atoms with Crippen LogP contribution in [0.1, 0.15) is 194 Å². The summed E-state index contributed by atoms with van der Waals surface area (Å²) in [5.41, 5.74) is 0. The van der Waals surface area contributed by atoms with Gasteiger partial charge in [0.15, 0.2) is 0 Å². The third kappa shape index (κ3) is 42.0. The Bertz CT molecular complexity index is 905.